The van der Waals surface area contributed by atoms with Crippen molar-refractivity contribution in [3.8, 4) is 0 Å². The van der Waals surface area contributed by atoms with Gasteiger partial charge in [-0.05, 0) is 41.8 Å². The number of carbonyl (C=O) groups is 1. The zero-order chi connectivity index (χ0) is 19.0. The molecule has 4 heteroatoms. The molecular weight excluding hydrogens is 356 g/mol. The van der Waals surface area contributed by atoms with Crippen molar-refractivity contribution in [2.75, 3.05) is 10.2 Å². The molecule has 0 saturated heterocycles. The van der Waals surface area contributed by atoms with Crippen LogP contribution in [0, 0.1) is 0 Å². The van der Waals surface area contributed by atoms with Crippen molar-refractivity contribution >= 4 is 28.9 Å². The van der Waals surface area contributed by atoms with Crippen LogP contribution in [0.25, 0.3) is 0 Å². The maximum absolute atomic E-state index is 13.4. The van der Waals surface area contributed by atoms with Crippen molar-refractivity contribution in [3.05, 3.63) is 94.5 Å². The minimum atomic E-state index is -0.369. The predicted molar refractivity (Wildman–Crippen MR) is 112 cm³/mol. The Morgan fingerprint density at radius 3 is 2.30 bits per heavy atom. The van der Waals surface area contributed by atoms with Crippen LogP contribution >= 0.6 is 11.6 Å². The molecule has 27 heavy (non-hydrogen) atoms. The molecule has 3 nitrogen and oxygen atoms in total. The van der Waals surface area contributed by atoms with E-state index < -0.39 is 0 Å². The van der Waals surface area contributed by atoms with Gasteiger partial charge in [-0.2, -0.15) is 0 Å². The van der Waals surface area contributed by atoms with Gasteiger partial charge < -0.3 is 5.32 Å². The lowest BCUT2D eigenvalue weighted by atomic mass is 10.00. The van der Waals surface area contributed by atoms with Gasteiger partial charge in [-0.1, -0.05) is 67.9 Å². The van der Waals surface area contributed by atoms with Crippen LogP contribution in [-0.4, -0.2) is 5.91 Å². The molecule has 1 N–H and O–H groups in total. The van der Waals surface area contributed by atoms with Crippen molar-refractivity contribution in [2.45, 2.75) is 25.9 Å². The molecule has 0 fully saturated rings. The van der Waals surface area contributed by atoms with Crippen LogP contribution < -0.4 is 10.2 Å². The van der Waals surface area contributed by atoms with E-state index in [4.69, 9.17) is 11.6 Å². The van der Waals surface area contributed by atoms with Crippen LogP contribution in [0.1, 0.15) is 47.4 Å². The van der Waals surface area contributed by atoms with E-state index in [9.17, 15) is 4.79 Å². The topological polar surface area (TPSA) is 32.3 Å². The highest BCUT2D eigenvalue weighted by molar-refractivity contribution is 6.31. The Balaban J connectivity index is 1.84. The smallest absolute Gasteiger partial charge is 0.262 e. The summed E-state index contributed by atoms with van der Waals surface area (Å²) in [6, 6.07) is 23.4. The van der Waals surface area contributed by atoms with Gasteiger partial charge in [-0.15, -0.1) is 0 Å². The van der Waals surface area contributed by atoms with Gasteiger partial charge in [-0.25, -0.2) is 0 Å². The molecule has 0 aromatic heterocycles. The van der Waals surface area contributed by atoms with E-state index in [1.165, 1.54) is 5.56 Å². The molecule has 1 aliphatic rings. The minimum absolute atomic E-state index is 0.0356. The number of carbonyl (C=O) groups excluding carboxylic acids is 1. The molecule has 1 aliphatic heterocycles. The summed E-state index contributed by atoms with van der Waals surface area (Å²) in [4.78, 5) is 15.2. The lowest BCUT2D eigenvalue weighted by molar-refractivity contribution is 0.0975. The number of nitrogens with zero attached hydrogens (tertiary/aromatic N) is 1. The Hall–Kier alpha value is -2.78. The third kappa shape index (κ3) is 3.19. The van der Waals surface area contributed by atoms with Crippen molar-refractivity contribution < 1.29 is 4.79 Å². The number of benzene rings is 3. The first-order chi connectivity index (χ1) is 13.1. The molecule has 3 aromatic carbocycles. The third-order valence-corrected chi connectivity index (χ3v) is 5.31. The van der Waals surface area contributed by atoms with Gasteiger partial charge in [0.15, 0.2) is 0 Å². The van der Waals surface area contributed by atoms with Gasteiger partial charge in [-0.3, -0.25) is 9.69 Å². The summed E-state index contributed by atoms with van der Waals surface area (Å²) >= 11 is 6.47. The van der Waals surface area contributed by atoms with E-state index in [1.807, 2.05) is 60.7 Å². The molecule has 1 amide bonds. The number of rotatable bonds is 3. The summed E-state index contributed by atoms with van der Waals surface area (Å²) in [6.07, 6.45) is -0.369. The first kappa shape index (κ1) is 17.6. The van der Waals surface area contributed by atoms with Crippen molar-refractivity contribution in [3.63, 3.8) is 0 Å². The van der Waals surface area contributed by atoms with Gasteiger partial charge in [0.1, 0.15) is 6.17 Å². The molecule has 1 heterocycles. The summed E-state index contributed by atoms with van der Waals surface area (Å²) in [6.45, 7) is 4.32. The number of hydrogen-bond acceptors (Lipinski definition) is 2. The van der Waals surface area contributed by atoms with Gasteiger partial charge in [0, 0.05) is 22.0 Å². The Labute approximate surface area is 164 Å². The maximum Gasteiger partial charge on any atom is 0.262 e. The van der Waals surface area contributed by atoms with Crippen LogP contribution in [0.3, 0.4) is 0 Å². The van der Waals surface area contributed by atoms with E-state index in [0.717, 1.165) is 16.9 Å². The van der Waals surface area contributed by atoms with Crippen molar-refractivity contribution in [2.24, 2.45) is 0 Å². The molecule has 0 spiro atoms. The molecule has 0 bridgehead atoms. The minimum Gasteiger partial charge on any atom is -0.360 e. The second-order valence-corrected chi connectivity index (χ2v) is 7.44. The monoisotopic (exact) mass is 376 g/mol. The fraction of sp³-hybridized carbons (Fsp3) is 0.174. The van der Waals surface area contributed by atoms with Crippen LogP contribution in [-0.2, 0) is 0 Å². The number of amides is 1. The predicted octanol–water partition coefficient (Wildman–Crippen LogP) is 6.23. The van der Waals surface area contributed by atoms with Crippen molar-refractivity contribution in [1.29, 1.82) is 0 Å². The largest absolute Gasteiger partial charge is 0.360 e. The lowest BCUT2D eigenvalue weighted by Gasteiger charge is -2.38. The zero-order valence-corrected chi connectivity index (χ0v) is 16.1. The van der Waals surface area contributed by atoms with Crippen LogP contribution in [0.4, 0.5) is 11.4 Å². The van der Waals surface area contributed by atoms with E-state index in [2.05, 4.69) is 31.3 Å². The number of halogens is 1. The summed E-state index contributed by atoms with van der Waals surface area (Å²) in [5.74, 6) is 0.404. The Bertz CT molecular complexity index is 982. The molecular formula is C23H21ClN2O. The third-order valence-electron chi connectivity index (χ3n) is 4.96. The normalized spacial score (nSPS) is 16.2. The summed E-state index contributed by atoms with van der Waals surface area (Å²) in [5, 5.41) is 4.12. The summed E-state index contributed by atoms with van der Waals surface area (Å²) in [7, 11) is 0. The lowest BCUT2D eigenvalue weighted by Crippen LogP contribution is -2.43. The van der Waals surface area contributed by atoms with Gasteiger partial charge in [0.25, 0.3) is 5.91 Å². The highest BCUT2D eigenvalue weighted by Gasteiger charge is 2.34. The molecule has 0 radical (unpaired) electrons. The second-order valence-electron chi connectivity index (χ2n) is 7.04. The molecule has 0 saturated carbocycles. The van der Waals surface area contributed by atoms with E-state index in [-0.39, 0.29) is 12.1 Å². The van der Waals surface area contributed by atoms with Gasteiger partial charge >= 0.3 is 0 Å². The molecule has 1 unspecified atom stereocenters. The molecule has 0 aliphatic carbocycles. The number of hydrogen-bond donors (Lipinski definition) is 1. The molecule has 1 atom stereocenters. The standard InChI is InChI=1S/C23H21ClN2O/c1-15(2)16-11-13-17(14-12-16)26-22(18-7-3-5-9-20(18)24)25-21-10-6-4-8-19(21)23(26)27/h3-15,22,25H,1-2H3. The fourth-order valence-corrected chi connectivity index (χ4v) is 3.69. The fourth-order valence-electron chi connectivity index (χ4n) is 3.45. The van der Waals surface area contributed by atoms with Crippen molar-refractivity contribution in [1.82, 2.24) is 0 Å². The number of nitrogens with one attached hydrogen (secondary N) is 1. The molecule has 4 rings (SSSR count). The quantitative estimate of drug-likeness (QED) is 0.587. The zero-order valence-electron chi connectivity index (χ0n) is 15.3. The molecule has 136 valence electrons. The summed E-state index contributed by atoms with van der Waals surface area (Å²) in [5.41, 5.74) is 4.44. The first-order valence-corrected chi connectivity index (χ1v) is 9.47. The highest BCUT2D eigenvalue weighted by Crippen LogP contribution is 2.38. The molecule has 3 aromatic rings. The van der Waals surface area contributed by atoms with Crippen LogP contribution in [0.2, 0.25) is 5.02 Å². The number of anilines is 2. The van der Waals surface area contributed by atoms with Crippen LogP contribution in [0.5, 0.6) is 0 Å². The first-order valence-electron chi connectivity index (χ1n) is 9.10. The van der Waals surface area contributed by atoms with E-state index >= 15 is 0 Å². The van der Waals surface area contributed by atoms with E-state index in [0.29, 0.717) is 16.5 Å². The second kappa shape index (κ2) is 7.09. The number of para-hydroxylation sites is 1. The average Bonchev–Trinajstić information content (AvgIpc) is 2.68. The van der Waals surface area contributed by atoms with Gasteiger partial charge in [0.2, 0.25) is 0 Å². The van der Waals surface area contributed by atoms with Crippen LogP contribution in [0.15, 0.2) is 72.8 Å². The summed E-state index contributed by atoms with van der Waals surface area (Å²) < 4.78 is 0. The average molecular weight is 377 g/mol. The maximum atomic E-state index is 13.4. The number of fused-ring (bicyclic) bond motifs is 1. The Morgan fingerprint density at radius 1 is 0.926 bits per heavy atom. The Morgan fingerprint density at radius 2 is 1.59 bits per heavy atom. The van der Waals surface area contributed by atoms with E-state index in [1.54, 1.807) is 4.90 Å². The Kier molecular flexibility index (Phi) is 4.63. The SMILES string of the molecule is CC(C)c1ccc(N2C(=O)c3ccccc3NC2c2ccccc2Cl)cc1. The highest BCUT2D eigenvalue weighted by atomic mass is 35.5. The van der Waals surface area contributed by atoms with Gasteiger partial charge in [0.05, 0.1) is 5.56 Å².